The molecular formula is C20H14BrN3O3. The fourth-order valence-corrected chi connectivity index (χ4v) is 2.50. The molecule has 0 radical (unpaired) electrons. The third kappa shape index (κ3) is 4.86. The Morgan fingerprint density at radius 1 is 0.926 bits per heavy atom. The molecule has 0 amide bonds. The Morgan fingerprint density at radius 2 is 1.63 bits per heavy atom. The van der Waals surface area contributed by atoms with Crippen molar-refractivity contribution in [2.24, 2.45) is 15.2 Å². The van der Waals surface area contributed by atoms with E-state index in [0.29, 0.717) is 11.3 Å². The molecule has 6 nitrogen and oxygen atoms in total. The summed E-state index contributed by atoms with van der Waals surface area (Å²) in [5.74, 6) is -1.02. The lowest BCUT2D eigenvalue weighted by atomic mass is 10.2. The molecule has 0 aliphatic rings. The maximum Gasteiger partial charge on any atom is 0.337 e. The molecule has 3 rings (SSSR count). The summed E-state index contributed by atoms with van der Waals surface area (Å²) in [6.45, 7) is 0. The zero-order chi connectivity index (χ0) is 19.2. The lowest BCUT2D eigenvalue weighted by Gasteiger charge is -2.01. The SMILES string of the molecule is O=C(O)c1ccccc1N=Nc1ccc(O)c(C=Nc2ccc(Br)cc2)c1. The summed E-state index contributed by atoms with van der Waals surface area (Å²) in [5.41, 5.74) is 1.99. The Labute approximate surface area is 163 Å². The van der Waals surface area contributed by atoms with Crippen LogP contribution in [0.3, 0.4) is 0 Å². The first-order valence-electron chi connectivity index (χ1n) is 7.89. The van der Waals surface area contributed by atoms with Crippen molar-refractivity contribution in [1.82, 2.24) is 0 Å². The van der Waals surface area contributed by atoms with Gasteiger partial charge in [0.1, 0.15) is 11.4 Å². The minimum atomic E-state index is -1.07. The van der Waals surface area contributed by atoms with Gasteiger partial charge in [0.15, 0.2) is 0 Å². The number of benzene rings is 3. The molecule has 0 atom stereocenters. The number of carboxylic acids is 1. The van der Waals surface area contributed by atoms with Crippen LogP contribution in [0.2, 0.25) is 0 Å². The second-order valence-electron chi connectivity index (χ2n) is 5.50. The number of halogens is 1. The van der Waals surface area contributed by atoms with E-state index in [1.165, 1.54) is 18.3 Å². The van der Waals surface area contributed by atoms with Gasteiger partial charge in [-0.15, -0.1) is 5.11 Å². The number of aromatic carboxylic acids is 1. The second kappa shape index (κ2) is 8.37. The molecule has 3 aromatic rings. The normalized spacial score (nSPS) is 11.3. The Hall–Kier alpha value is -3.32. The largest absolute Gasteiger partial charge is 0.507 e. The van der Waals surface area contributed by atoms with Gasteiger partial charge in [0, 0.05) is 16.3 Å². The summed E-state index contributed by atoms with van der Waals surface area (Å²) < 4.78 is 0.952. The number of hydrogen-bond acceptors (Lipinski definition) is 5. The number of aliphatic imine (C=N–C) groups is 1. The Morgan fingerprint density at radius 3 is 2.37 bits per heavy atom. The van der Waals surface area contributed by atoms with Crippen LogP contribution in [0.1, 0.15) is 15.9 Å². The van der Waals surface area contributed by atoms with E-state index in [-0.39, 0.29) is 17.0 Å². The van der Waals surface area contributed by atoms with E-state index in [4.69, 9.17) is 0 Å². The Balaban J connectivity index is 1.85. The van der Waals surface area contributed by atoms with Crippen molar-refractivity contribution < 1.29 is 15.0 Å². The predicted octanol–water partition coefficient (Wildman–Crippen LogP) is 6.02. The van der Waals surface area contributed by atoms with Crippen LogP contribution in [-0.2, 0) is 0 Å². The van der Waals surface area contributed by atoms with Crippen LogP contribution in [0.25, 0.3) is 0 Å². The monoisotopic (exact) mass is 423 g/mol. The van der Waals surface area contributed by atoms with Crippen molar-refractivity contribution in [2.75, 3.05) is 0 Å². The van der Waals surface area contributed by atoms with E-state index in [0.717, 1.165) is 10.2 Å². The molecule has 0 heterocycles. The summed E-state index contributed by atoms with van der Waals surface area (Å²) in [6.07, 6.45) is 1.53. The highest BCUT2D eigenvalue weighted by Gasteiger charge is 2.08. The molecule has 2 N–H and O–H groups in total. The fourth-order valence-electron chi connectivity index (χ4n) is 2.23. The van der Waals surface area contributed by atoms with E-state index >= 15 is 0 Å². The van der Waals surface area contributed by atoms with Crippen molar-refractivity contribution >= 4 is 45.2 Å². The quantitative estimate of drug-likeness (QED) is 0.387. The van der Waals surface area contributed by atoms with E-state index in [2.05, 4.69) is 31.2 Å². The summed E-state index contributed by atoms with van der Waals surface area (Å²) in [6, 6.07) is 18.5. The van der Waals surface area contributed by atoms with Gasteiger partial charge in [-0.3, -0.25) is 4.99 Å². The topological polar surface area (TPSA) is 94.6 Å². The van der Waals surface area contributed by atoms with Gasteiger partial charge < -0.3 is 10.2 Å². The first kappa shape index (κ1) is 18.5. The molecule has 0 aliphatic heterocycles. The summed E-state index contributed by atoms with van der Waals surface area (Å²) in [7, 11) is 0. The average Bonchev–Trinajstić information content (AvgIpc) is 2.67. The molecular weight excluding hydrogens is 410 g/mol. The molecule has 134 valence electrons. The maximum absolute atomic E-state index is 11.2. The molecule has 0 saturated carbocycles. The first-order chi connectivity index (χ1) is 13.0. The van der Waals surface area contributed by atoms with Gasteiger partial charge in [0.05, 0.1) is 16.9 Å². The lowest BCUT2D eigenvalue weighted by Crippen LogP contribution is -1.95. The molecule has 0 aliphatic carbocycles. The fraction of sp³-hybridized carbons (Fsp3) is 0. The van der Waals surface area contributed by atoms with Crippen molar-refractivity contribution in [1.29, 1.82) is 0 Å². The van der Waals surface area contributed by atoms with Crippen LogP contribution < -0.4 is 0 Å². The van der Waals surface area contributed by atoms with Gasteiger partial charge in [0.2, 0.25) is 0 Å². The molecule has 0 spiro atoms. The standard InChI is InChI=1S/C20H14BrN3O3/c21-14-5-7-15(8-6-14)22-12-13-11-16(9-10-19(13)25)23-24-18-4-2-1-3-17(18)20(26)27/h1-12,25H,(H,26,27). The third-order valence-corrected chi connectivity index (χ3v) is 4.13. The first-order valence-corrected chi connectivity index (χ1v) is 8.69. The number of hydrogen-bond donors (Lipinski definition) is 2. The third-order valence-electron chi connectivity index (χ3n) is 3.60. The van der Waals surface area contributed by atoms with Crippen molar-refractivity contribution in [3.63, 3.8) is 0 Å². The highest BCUT2D eigenvalue weighted by molar-refractivity contribution is 9.10. The van der Waals surface area contributed by atoms with Crippen molar-refractivity contribution in [3.05, 3.63) is 82.3 Å². The number of phenolic OH excluding ortho intramolecular Hbond substituents is 1. The number of carbonyl (C=O) groups is 1. The number of phenols is 1. The second-order valence-corrected chi connectivity index (χ2v) is 6.42. The van der Waals surface area contributed by atoms with Gasteiger partial charge in [-0.25, -0.2) is 4.79 Å². The highest BCUT2D eigenvalue weighted by Crippen LogP contribution is 2.26. The van der Waals surface area contributed by atoms with Crippen LogP contribution in [0, 0.1) is 0 Å². The van der Waals surface area contributed by atoms with Crippen LogP contribution in [0.4, 0.5) is 17.1 Å². The van der Waals surface area contributed by atoms with Gasteiger partial charge in [-0.1, -0.05) is 28.1 Å². The lowest BCUT2D eigenvalue weighted by molar-refractivity contribution is 0.0697. The van der Waals surface area contributed by atoms with E-state index in [1.807, 2.05) is 24.3 Å². The van der Waals surface area contributed by atoms with E-state index in [1.54, 1.807) is 30.3 Å². The zero-order valence-corrected chi connectivity index (χ0v) is 15.5. The number of rotatable bonds is 5. The van der Waals surface area contributed by atoms with Crippen LogP contribution in [0.15, 0.2) is 86.4 Å². The maximum atomic E-state index is 11.2. The number of carboxylic acid groups (broad SMARTS) is 1. The number of aromatic hydroxyl groups is 1. The average molecular weight is 424 g/mol. The van der Waals surface area contributed by atoms with Crippen LogP contribution in [0.5, 0.6) is 5.75 Å². The molecule has 0 saturated heterocycles. The van der Waals surface area contributed by atoms with Crippen LogP contribution >= 0.6 is 15.9 Å². The molecule has 0 fully saturated rings. The molecule has 3 aromatic carbocycles. The molecule has 0 unspecified atom stereocenters. The van der Waals surface area contributed by atoms with Gasteiger partial charge in [-0.2, -0.15) is 5.11 Å². The minimum absolute atomic E-state index is 0.0562. The molecule has 0 bridgehead atoms. The predicted molar refractivity (Wildman–Crippen MR) is 107 cm³/mol. The van der Waals surface area contributed by atoms with Gasteiger partial charge >= 0.3 is 5.97 Å². The smallest absolute Gasteiger partial charge is 0.337 e. The molecule has 0 aromatic heterocycles. The summed E-state index contributed by atoms with van der Waals surface area (Å²) in [5, 5.41) is 27.3. The number of azo groups is 1. The zero-order valence-electron chi connectivity index (χ0n) is 14.0. The van der Waals surface area contributed by atoms with Gasteiger partial charge in [0.25, 0.3) is 0 Å². The van der Waals surface area contributed by atoms with E-state index < -0.39 is 5.97 Å². The molecule has 7 heteroatoms. The Bertz CT molecular complexity index is 1030. The number of nitrogens with zero attached hydrogens (tertiary/aromatic N) is 3. The molecule has 27 heavy (non-hydrogen) atoms. The van der Waals surface area contributed by atoms with Crippen LogP contribution in [-0.4, -0.2) is 22.4 Å². The summed E-state index contributed by atoms with van der Waals surface area (Å²) in [4.78, 5) is 15.5. The van der Waals surface area contributed by atoms with Crippen molar-refractivity contribution in [2.45, 2.75) is 0 Å². The van der Waals surface area contributed by atoms with Gasteiger partial charge in [-0.05, 0) is 54.6 Å². The minimum Gasteiger partial charge on any atom is -0.507 e. The van der Waals surface area contributed by atoms with E-state index in [9.17, 15) is 15.0 Å². The summed E-state index contributed by atoms with van der Waals surface area (Å²) >= 11 is 3.36. The Kier molecular flexibility index (Phi) is 5.73. The van der Waals surface area contributed by atoms with Crippen molar-refractivity contribution in [3.8, 4) is 5.75 Å². The highest BCUT2D eigenvalue weighted by atomic mass is 79.9.